The lowest BCUT2D eigenvalue weighted by Crippen LogP contribution is -2.58. The molecule has 2 aliphatic heterocycles. The number of piperidine rings is 1. The summed E-state index contributed by atoms with van der Waals surface area (Å²) >= 11 is 0. The summed E-state index contributed by atoms with van der Waals surface area (Å²) in [6.45, 7) is 7.29. The highest BCUT2D eigenvalue weighted by Crippen LogP contribution is 2.36. The zero-order valence-corrected chi connectivity index (χ0v) is 20.5. The number of anilines is 1. The molecule has 2 N–H and O–H groups in total. The van der Waals surface area contributed by atoms with Crippen LogP contribution >= 0.6 is 0 Å². The van der Waals surface area contributed by atoms with Crippen molar-refractivity contribution in [2.24, 2.45) is 5.92 Å². The molecule has 1 spiro atoms. The largest absolute Gasteiger partial charge is 0.348 e. The van der Waals surface area contributed by atoms with Crippen molar-refractivity contribution < 1.29 is 9.59 Å². The van der Waals surface area contributed by atoms with Crippen molar-refractivity contribution in [1.82, 2.24) is 15.5 Å². The fourth-order valence-corrected chi connectivity index (χ4v) is 5.42. The molecule has 35 heavy (non-hydrogen) atoms. The number of likely N-dealkylation sites (tertiary alicyclic amines) is 1. The van der Waals surface area contributed by atoms with Crippen molar-refractivity contribution in [3.05, 3.63) is 78.4 Å². The van der Waals surface area contributed by atoms with E-state index in [0.717, 1.165) is 48.9 Å². The van der Waals surface area contributed by atoms with Gasteiger partial charge in [-0.05, 0) is 53.8 Å². The Kier molecular flexibility index (Phi) is 6.48. The number of nitrogens with zero attached hydrogens (tertiary/aromatic N) is 2. The summed E-state index contributed by atoms with van der Waals surface area (Å²) < 4.78 is 0. The summed E-state index contributed by atoms with van der Waals surface area (Å²) in [5.41, 5.74) is 1.29. The van der Waals surface area contributed by atoms with Gasteiger partial charge in [-0.15, -0.1) is 0 Å². The van der Waals surface area contributed by atoms with Gasteiger partial charge in [0, 0.05) is 36.9 Å². The molecule has 2 fully saturated rings. The van der Waals surface area contributed by atoms with Crippen LogP contribution in [0.3, 0.4) is 0 Å². The van der Waals surface area contributed by atoms with Crippen molar-refractivity contribution in [3.63, 3.8) is 0 Å². The van der Waals surface area contributed by atoms with Crippen LogP contribution in [0.1, 0.15) is 37.0 Å². The number of carbonyl (C=O) groups is 2. The van der Waals surface area contributed by atoms with Gasteiger partial charge in [0.25, 0.3) is 5.91 Å². The van der Waals surface area contributed by atoms with Crippen LogP contribution in [0.25, 0.3) is 10.8 Å². The molecule has 2 aliphatic rings. The van der Waals surface area contributed by atoms with Crippen LogP contribution in [0.5, 0.6) is 0 Å². The molecule has 6 nitrogen and oxygen atoms in total. The Bertz CT molecular complexity index is 1200. The molecule has 2 heterocycles. The van der Waals surface area contributed by atoms with Gasteiger partial charge in [0.15, 0.2) is 0 Å². The van der Waals surface area contributed by atoms with Crippen molar-refractivity contribution in [1.29, 1.82) is 0 Å². The number of rotatable bonds is 6. The van der Waals surface area contributed by atoms with E-state index in [1.54, 1.807) is 0 Å². The van der Waals surface area contributed by atoms with Gasteiger partial charge in [-0.2, -0.15) is 0 Å². The fraction of sp³-hybridized carbons (Fsp3) is 0.379. The first-order chi connectivity index (χ1) is 17.0. The molecule has 0 aliphatic carbocycles. The standard InChI is InChI=1S/C29H34N4O2/c1-21(2)26(31-27(34)24-13-12-22-8-6-7-9-23(22)18-24)19-32-16-14-29(15-17-32)28(35)30-20-33(29)25-10-4-3-5-11-25/h3-13,18,21,26H,14-17,19-20H2,1-2H3,(H,30,35)(H,31,34)/t26-/m1/s1. The lowest BCUT2D eigenvalue weighted by atomic mass is 9.85. The molecule has 3 aromatic carbocycles. The number of nitrogens with one attached hydrogen (secondary N) is 2. The second kappa shape index (κ2) is 9.70. The molecule has 2 saturated heterocycles. The van der Waals surface area contributed by atoms with Gasteiger partial charge in [-0.1, -0.05) is 62.4 Å². The van der Waals surface area contributed by atoms with Gasteiger partial charge in [0.2, 0.25) is 5.91 Å². The van der Waals surface area contributed by atoms with E-state index in [1.165, 1.54) is 0 Å². The molecule has 0 unspecified atom stereocenters. The Hall–Kier alpha value is -3.38. The summed E-state index contributed by atoms with van der Waals surface area (Å²) in [6, 6.07) is 24.2. The quantitative estimate of drug-likeness (QED) is 0.571. The predicted molar refractivity (Wildman–Crippen MR) is 140 cm³/mol. The van der Waals surface area contributed by atoms with Crippen LogP contribution in [0.4, 0.5) is 5.69 Å². The van der Waals surface area contributed by atoms with E-state index < -0.39 is 5.54 Å². The van der Waals surface area contributed by atoms with Crippen molar-refractivity contribution in [3.8, 4) is 0 Å². The highest BCUT2D eigenvalue weighted by atomic mass is 16.2. The summed E-state index contributed by atoms with van der Waals surface area (Å²) in [6.07, 6.45) is 1.55. The molecule has 2 amide bonds. The fourth-order valence-electron chi connectivity index (χ4n) is 5.42. The maximum absolute atomic E-state index is 13.1. The maximum atomic E-state index is 13.1. The lowest BCUT2D eigenvalue weighted by molar-refractivity contribution is -0.125. The van der Waals surface area contributed by atoms with Crippen LogP contribution < -0.4 is 15.5 Å². The minimum Gasteiger partial charge on any atom is -0.348 e. The average molecular weight is 471 g/mol. The van der Waals surface area contributed by atoms with E-state index in [-0.39, 0.29) is 17.9 Å². The number of amides is 2. The number of para-hydroxylation sites is 1. The predicted octanol–water partition coefficient (Wildman–Crippen LogP) is 4.02. The van der Waals surface area contributed by atoms with Gasteiger partial charge in [0.1, 0.15) is 5.54 Å². The molecule has 182 valence electrons. The van der Waals surface area contributed by atoms with E-state index in [4.69, 9.17) is 0 Å². The topological polar surface area (TPSA) is 64.7 Å². The molecule has 5 rings (SSSR count). The Morgan fingerprint density at radius 3 is 2.37 bits per heavy atom. The van der Waals surface area contributed by atoms with Gasteiger partial charge in [-0.25, -0.2) is 0 Å². The van der Waals surface area contributed by atoms with Crippen molar-refractivity contribution in [2.75, 3.05) is 31.2 Å². The van der Waals surface area contributed by atoms with E-state index in [2.05, 4.69) is 52.5 Å². The molecule has 0 radical (unpaired) electrons. The first-order valence-corrected chi connectivity index (χ1v) is 12.6. The van der Waals surface area contributed by atoms with Crippen LogP contribution in [0, 0.1) is 5.92 Å². The molecule has 1 atom stereocenters. The van der Waals surface area contributed by atoms with Crippen LogP contribution in [-0.4, -0.2) is 54.6 Å². The Morgan fingerprint density at radius 2 is 1.66 bits per heavy atom. The summed E-state index contributed by atoms with van der Waals surface area (Å²) in [5, 5.41) is 8.55. The summed E-state index contributed by atoms with van der Waals surface area (Å²) in [4.78, 5) is 30.7. The first kappa shape index (κ1) is 23.4. The molecule has 0 aromatic heterocycles. The third kappa shape index (κ3) is 4.63. The number of carbonyl (C=O) groups excluding carboxylic acids is 2. The zero-order valence-electron chi connectivity index (χ0n) is 20.5. The monoisotopic (exact) mass is 470 g/mol. The van der Waals surface area contributed by atoms with E-state index in [9.17, 15) is 9.59 Å². The molecule has 3 aromatic rings. The highest BCUT2D eigenvalue weighted by molar-refractivity contribution is 5.98. The Morgan fingerprint density at radius 1 is 0.971 bits per heavy atom. The third-order valence-electron chi connectivity index (χ3n) is 7.68. The Balaban J connectivity index is 1.24. The van der Waals surface area contributed by atoms with Gasteiger partial charge < -0.3 is 20.4 Å². The maximum Gasteiger partial charge on any atom is 0.251 e. The molecular weight excluding hydrogens is 436 g/mol. The highest BCUT2D eigenvalue weighted by Gasteiger charge is 2.50. The van der Waals surface area contributed by atoms with Crippen molar-refractivity contribution in [2.45, 2.75) is 38.3 Å². The minimum atomic E-state index is -0.487. The average Bonchev–Trinajstić information content (AvgIpc) is 3.20. The van der Waals surface area contributed by atoms with Crippen LogP contribution in [-0.2, 0) is 4.79 Å². The minimum absolute atomic E-state index is 0.0330. The molecular formula is C29H34N4O2. The number of benzene rings is 3. The van der Waals surface area contributed by atoms with Crippen LogP contribution in [0.2, 0.25) is 0 Å². The van der Waals surface area contributed by atoms with Crippen LogP contribution in [0.15, 0.2) is 72.8 Å². The van der Waals surface area contributed by atoms with E-state index in [1.807, 2.05) is 54.6 Å². The lowest BCUT2D eigenvalue weighted by Gasteiger charge is -2.44. The normalized spacial score (nSPS) is 18.7. The second-order valence-electron chi connectivity index (χ2n) is 10.1. The molecule has 6 heteroatoms. The van der Waals surface area contributed by atoms with E-state index >= 15 is 0 Å². The van der Waals surface area contributed by atoms with E-state index in [0.29, 0.717) is 18.2 Å². The van der Waals surface area contributed by atoms with Gasteiger partial charge in [-0.3, -0.25) is 9.59 Å². The zero-order chi connectivity index (χ0) is 24.4. The smallest absolute Gasteiger partial charge is 0.251 e. The third-order valence-corrected chi connectivity index (χ3v) is 7.68. The summed E-state index contributed by atoms with van der Waals surface area (Å²) in [7, 11) is 0. The van der Waals surface area contributed by atoms with Gasteiger partial charge in [0.05, 0.1) is 6.67 Å². The Labute approximate surface area is 207 Å². The molecule has 0 bridgehead atoms. The molecule has 0 saturated carbocycles. The van der Waals surface area contributed by atoms with Crippen molar-refractivity contribution >= 4 is 28.3 Å². The number of hydrogen-bond donors (Lipinski definition) is 2. The second-order valence-corrected chi connectivity index (χ2v) is 10.1. The summed E-state index contributed by atoms with van der Waals surface area (Å²) in [5.74, 6) is 0.394. The van der Waals surface area contributed by atoms with Gasteiger partial charge >= 0.3 is 0 Å². The number of fused-ring (bicyclic) bond motifs is 1. The first-order valence-electron chi connectivity index (χ1n) is 12.6. The number of hydrogen-bond acceptors (Lipinski definition) is 4. The SMILES string of the molecule is CC(C)[C@@H](CN1CCC2(CC1)C(=O)NCN2c1ccccc1)NC(=O)c1ccc2ccccc2c1.